The second-order valence-corrected chi connectivity index (χ2v) is 6.67. The van der Waals surface area contributed by atoms with Gasteiger partial charge in [-0.15, -0.1) is 0 Å². The third-order valence-corrected chi connectivity index (χ3v) is 4.45. The number of fused-ring (bicyclic) bond motifs is 1. The Labute approximate surface area is 142 Å². The molecule has 0 saturated carbocycles. The van der Waals surface area contributed by atoms with E-state index in [1.54, 1.807) is 0 Å². The molecule has 1 aliphatic heterocycles. The molecule has 0 aliphatic carbocycles. The van der Waals surface area contributed by atoms with Crippen molar-refractivity contribution in [1.82, 2.24) is 15.4 Å². The van der Waals surface area contributed by atoms with Crippen molar-refractivity contribution in [3.05, 3.63) is 30.0 Å². The third-order valence-electron chi connectivity index (χ3n) is 4.45. The van der Waals surface area contributed by atoms with Crippen LogP contribution in [0.25, 0.3) is 11.0 Å². The molecule has 1 saturated heterocycles. The molecule has 0 bridgehead atoms. The minimum absolute atomic E-state index is 0.0322. The zero-order valence-corrected chi connectivity index (χ0v) is 14.5. The van der Waals surface area contributed by atoms with Crippen LogP contribution in [0.4, 0.5) is 0 Å². The number of rotatable bonds is 5. The molecule has 1 amide bonds. The smallest absolute Gasteiger partial charge is 0.226 e. The largest absolute Gasteiger partial charge is 0.373 e. The lowest BCUT2D eigenvalue weighted by molar-refractivity contribution is -0.121. The molecule has 6 nitrogen and oxygen atoms in total. The van der Waals surface area contributed by atoms with Gasteiger partial charge in [0.25, 0.3) is 0 Å². The number of aromatic nitrogens is 1. The molecule has 2 aromatic rings. The van der Waals surface area contributed by atoms with Crippen molar-refractivity contribution >= 4 is 16.9 Å². The number of ether oxygens (including phenoxy) is 1. The van der Waals surface area contributed by atoms with Gasteiger partial charge in [-0.1, -0.05) is 17.3 Å². The maximum atomic E-state index is 12.2. The summed E-state index contributed by atoms with van der Waals surface area (Å²) in [5.74, 6) is -0.0322. The second-order valence-electron chi connectivity index (χ2n) is 6.67. The van der Waals surface area contributed by atoms with Crippen LogP contribution in [0.3, 0.4) is 0 Å². The molecule has 0 unspecified atom stereocenters. The van der Waals surface area contributed by atoms with Gasteiger partial charge in [0, 0.05) is 31.1 Å². The summed E-state index contributed by atoms with van der Waals surface area (Å²) in [5.41, 5.74) is 1.40. The van der Waals surface area contributed by atoms with Gasteiger partial charge in [0.1, 0.15) is 5.69 Å². The third kappa shape index (κ3) is 3.94. The predicted octanol–water partition coefficient (Wildman–Crippen LogP) is 1.98. The SMILES string of the molecule is C[C@@H]1CN([C@@H](C)CNC(=O)Cc2noc3ccccc23)C[C@@H](C)O1. The van der Waals surface area contributed by atoms with E-state index in [0.29, 0.717) is 17.8 Å². The van der Waals surface area contributed by atoms with Crippen LogP contribution < -0.4 is 5.32 Å². The average molecular weight is 331 g/mol. The van der Waals surface area contributed by atoms with Crippen molar-refractivity contribution in [1.29, 1.82) is 0 Å². The van der Waals surface area contributed by atoms with Crippen molar-refractivity contribution in [2.45, 2.75) is 45.4 Å². The number of hydrogen-bond acceptors (Lipinski definition) is 5. The molecule has 24 heavy (non-hydrogen) atoms. The highest BCUT2D eigenvalue weighted by atomic mass is 16.5. The zero-order chi connectivity index (χ0) is 17.1. The fourth-order valence-corrected chi connectivity index (χ4v) is 3.25. The Morgan fingerprint density at radius 1 is 1.33 bits per heavy atom. The minimum Gasteiger partial charge on any atom is -0.373 e. The van der Waals surface area contributed by atoms with E-state index in [1.165, 1.54) is 0 Å². The quantitative estimate of drug-likeness (QED) is 0.907. The standard InChI is InChI=1S/C18H25N3O3/c1-12(21-10-13(2)23-14(3)11-21)9-19-18(22)8-16-15-6-4-5-7-17(15)24-20-16/h4-7,12-14H,8-11H2,1-3H3,(H,19,22)/t12-,13+,14+/m0/s1. The van der Waals surface area contributed by atoms with Gasteiger partial charge in [0.2, 0.25) is 5.91 Å². The van der Waals surface area contributed by atoms with E-state index in [2.05, 4.69) is 36.1 Å². The van der Waals surface area contributed by atoms with Gasteiger partial charge in [0.05, 0.1) is 18.6 Å². The van der Waals surface area contributed by atoms with E-state index in [0.717, 1.165) is 18.5 Å². The maximum absolute atomic E-state index is 12.2. The summed E-state index contributed by atoms with van der Waals surface area (Å²) in [7, 11) is 0. The van der Waals surface area contributed by atoms with E-state index < -0.39 is 0 Å². The van der Waals surface area contributed by atoms with Gasteiger partial charge >= 0.3 is 0 Å². The number of benzene rings is 1. The lowest BCUT2D eigenvalue weighted by Gasteiger charge is -2.39. The van der Waals surface area contributed by atoms with Crippen molar-refractivity contribution in [2.24, 2.45) is 0 Å². The highest BCUT2D eigenvalue weighted by Gasteiger charge is 2.25. The van der Waals surface area contributed by atoms with Crippen LogP contribution in [0.1, 0.15) is 26.5 Å². The van der Waals surface area contributed by atoms with Crippen molar-refractivity contribution in [2.75, 3.05) is 19.6 Å². The van der Waals surface area contributed by atoms with E-state index in [-0.39, 0.29) is 30.6 Å². The van der Waals surface area contributed by atoms with Crippen LogP contribution in [-0.2, 0) is 16.0 Å². The number of morpholine rings is 1. The molecule has 3 rings (SSSR count). The van der Waals surface area contributed by atoms with E-state index >= 15 is 0 Å². The van der Waals surface area contributed by atoms with Gasteiger partial charge < -0.3 is 14.6 Å². The Bertz CT molecular complexity index is 690. The molecule has 130 valence electrons. The first-order chi connectivity index (χ1) is 11.5. The number of nitrogens with one attached hydrogen (secondary N) is 1. The number of nitrogens with zero attached hydrogens (tertiary/aromatic N) is 2. The molecular formula is C18H25N3O3. The number of amides is 1. The van der Waals surface area contributed by atoms with Crippen LogP contribution in [0.5, 0.6) is 0 Å². The Morgan fingerprint density at radius 2 is 2.04 bits per heavy atom. The lowest BCUT2D eigenvalue weighted by atomic mass is 10.1. The number of hydrogen-bond donors (Lipinski definition) is 1. The minimum atomic E-state index is -0.0322. The van der Waals surface area contributed by atoms with Gasteiger partial charge in [-0.25, -0.2) is 0 Å². The summed E-state index contributed by atoms with van der Waals surface area (Å²) >= 11 is 0. The van der Waals surface area contributed by atoms with Crippen molar-refractivity contribution < 1.29 is 14.1 Å². The summed E-state index contributed by atoms with van der Waals surface area (Å²) in [6.45, 7) is 8.72. The van der Waals surface area contributed by atoms with E-state index in [9.17, 15) is 4.79 Å². The molecule has 1 aromatic carbocycles. The summed E-state index contributed by atoms with van der Waals surface area (Å²) in [6.07, 6.45) is 0.696. The average Bonchev–Trinajstić information content (AvgIpc) is 2.95. The predicted molar refractivity (Wildman–Crippen MR) is 91.8 cm³/mol. The Hall–Kier alpha value is -1.92. The number of carbonyl (C=O) groups excluding carboxylic acids is 1. The van der Waals surface area contributed by atoms with Crippen LogP contribution in [0.15, 0.2) is 28.8 Å². The van der Waals surface area contributed by atoms with Crippen LogP contribution >= 0.6 is 0 Å². The topological polar surface area (TPSA) is 67.6 Å². The van der Waals surface area contributed by atoms with Gasteiger partial charge in [-0.05, 0) is 32.9 Å². The lowest BCUT2D eigenvalue weighted by Crippen LogP contribution is -2.52. The molecule has 1 fully saturated rings. The fraction of sp³-hybridized carbons (Fsp3) is 0.556. The molecule has 3 atom stereocenters. The zero-order valence-electron chi connectivity index (χ0n) is 14.5. The normalized spacial score (nSPS) is 23.3. The van der Waals surface area contributed by atoms with E-state index in [4.69, 9.17) is 9.26 Å². The number of carbonyl (C=O) groups is 1. The molecule has 1 aliphatic rings. The van der Waals surface area contributed by atoms with Crippen LogP contribution in [0, 0.1) is 0 Å². The summed E-state index contributed by atoms with van der Waals surface area (Å²) in [4.78, 5) is 14.6. The van der Waals surface area contributed by atoms with Crippen molar-refractivity contribution in [3.8, 4) is 0 Å². The summed E-state index contributed by atoms with van der Waals surface area (Å²) < 4.78 is 11.0. The molecule has 0 radical (unpaired) electrons. The fourth-order valence-electron chi connectivity index (χ4n) is 3.25. The second kappa shape index (κ2) is 7.32. The Kier molecular flexibility index (Phi) is 5.16. The van der Waals surface area contributed by atoms with E-state index in [1.807, 2.05) is 24.3 Å². The van der Waals surface area contributed by atoms with Crippen LogP contribution in [0.2, 0.25) is 0 Å². The first kappa shape index (κ1) is 16.9. The summed E-state index contributed by atoms with van der Waals surface area (Å²) in [6, 6.07) is 7.87. The monoisotopic (exact) mass is 331 g/mol. The highest BCUT2D eigenvalue weighted by molar-refractivity contribution is 5.86. The first-order valence-electron chi connectivity index (χ1n) is 8.52. The molecule has 2 heterocycles. The summed E-state index contributed by atoms with van der Waals surface area (Å²) in [5, 5.41) is 7.92. The Balaban J connectivity index is 1.52. The highest BCUT2D eigenvalue weighted by Crippen LogP contribution is 2.18. The molecule has 0 spiro atoms. The molecule has 1 aromatic heterocycles. The van der Waals surface area contributed by atoms with Gasteiger partial charge in [-0.3, -0.25) is 9.69 Å². The van der Waals surface area contributed by atoms with Gasteiger partial charge in [-0.2, -0.15) is 0 Å². The molecule has 6 heteroatoms. The molecular weight excluding hydrogens is 306 g/mol. The van der Waals surface area contributed by atoms with Gasteiger partial charge in [0.15, 0.2) is 5.58 Å². The maximum Gasteiger partial charge on any atom is 0.226 e. The molecule has 1 N–H and O–H groups in total. The first-order valence-corrected chi connectivity index (χ1v) is 8.52. The van der Waals surface area contributed by atoms with Crippen LogP contribution in [-0.4, -0.2) is 53.8 Å². The van der Waals surface area contributed by atoms with Crippen molar-refractivity contribution in [3.63, 3.8) is 0 Å². The number of para-hydroxylation sites is 1. The Morgan fingerprint density at radius 3 is 2.79 bits per heavy atom.